The molecule has 0 saturated heterocycles. The standard InChI is InChI=1S/C22H28N2O3S/c1-3-7-19-13-17(15-28-19)22(25)24-23-14-16-10-11-20(21(12-16)26-4-2)27-18-8-5-6-9-18/h10-15,18H,3-9H2,1-2H3,(H,24,25). The highest BCUT2D eigenvalue weighted by Crippen LogP contribution is 2.32. The van der Waals surface area contributed by atoms with Crippen LogP contribution in [0.3, 0.4) is 0 Å². The van der Waals surface area contributed by atoms with Crippen molar-refractivity contribution in [1.82, 2.24) is 5.43 Å². The number of aryl methyl sites for hydroxylation is 1. The first-order valence-electron chi connectivity index (χ1n) is 10.0. The van der Waals surface area contributed by atoms with Crippen LogP contribution in [0.2, 0.25) is 0 Å². The molecule has 1 amide bonds. The Kier molecular flexibility index (Phi) is 7.48. The zero-order valence-electron chi connectivity index (χ0n) is 16.6. The molecule has 5 nitrogen and oxygen atoms in total. The Hall–Kier alpha value is -2.34. The minimum Gasteiger partial charge on any atom is -0.490 e. The molecule has 0 aliphatic heterocycles. The summed E-state index contributed by atoms with van der Waals surface area (Å²) in [4.78, 5) is 13.4. The van der Waals surface area contributed by atoms with E-state index in [1.807, 2.05) is 36.6 Å². The van der Waals surface area contributed by atoms with E-state index in [4.69, 9.17) is 9.47 Å². The van der Waals surface area contributed by atoms with Gasteiger partial charge in [0, 0.05) is 10.3 Å². The van der Waals surface area contributed by atoms with E-state index in [9.17, 15) is 4.79 Å². The zero-order chi connectivity index (χ0) is 19.8. The summed E-state index contributed by atoms with van der Waals surface area (Å²) in [5.74, 6) is 1.30. The first-order chi connectivity index (χ1) is 13.7. The molecule has 1 aromatic carbocycles. The molecular formula is C22H28N2O3S. The number of nitrogens with one attached hydrogen (secondary N) is 1. The Labute approximate surface area is 170 Å². The molecule has 0 unspecified atom stereocenters. The summed E-state index contributed by atoms with van der Waals surface area (Å²) in [7, 11) is 0. The van der Waals surface area contributed by atoms with Crippen molar-refractivity contribution in [2.45, 2.75) is 58.5 Å². The first-order valence-corrected chi connectivity index (χ1v) is 10.9. The van der Waals surface area contributed by atoms with Gasteiger partial charge in [-0.25, -0.2) is 5.43 Å². The molecule has 0 atom stereocenters. The predicted molar refractivity (Wildman–Crippen MR) is 114 cm³/mol. The Balaban J connectivity index is 1.62. The van der Waals surface area contributed by atoms with Crippen LogP contribution in [-0.4, -0.2) is 24.8 Å². The molecule has 1 heterocycles. The van der Waals surface area contributed by atoms with Crippen LogP contribution in [0.5, 0.6) is 11.5 Å². The van der Waals surface area contributed by atoms with E-state index in [-0.39, 0.29) is 12.0 Å². The smallest absolute Gasteiger partial charge is 0.272 e. The average molecular weight is 401 g/mol. The third-order valence-corrected chi connectivity index (χ3v) is 5.65. The van der Waals surface area contributed by atoms with Gasteiger partial charge in [0.05, 0.1) is 24.5 Å². The van der Waals surface area contributed by atoms with Gasteiger partial charge in [0.2, 0.25) is 0 Å². The monoisotopic (exact) mass is 400 g/mol. The highest BCUT2D eigenvalue weighted by atomic mass is 32.1. The van der Waals surface area contributed by atoms with Gasteiger partial charge in [0.25, 0.3) is 5.91 Å². The Morgan fingerprint density at radius 2 is 2.07 bits per heavy atom. The normalized spacial score (nSPS) is 14.5. The summed E-state index contributed by atoms with van der Waals surface area (Å²) in [5.41, 5.74) is 4.09. The van der Waals surface area contributed by atoms with E-state index in [0.29, 0.717) is 17.9 Å². The van der Waals surface area contributed by atoms with Crippen LogP contribution in [0.4, 0.5) is 0 Å². The molecule has 1 fully saturated rings. The molecule has 0 bridgehead atoms. The fourth-order valence-corrected chi connectivity index (χ4v) is 4.23. The Morgan fingerprint density at radius 3 is 2.82 bits per heavy atom. The number of carbonyl (C=O) groups excluding carboxylic acids is 1. The van der Waals surface area contributed by atoms with E-state index in [1.54, 1.807) is 17.6 Å². The van der Waals surface area contributed by atoms with Gasteiger partial charge in [-0.1, -0.05) is 13.3 Å². The van der Waals surface area contributed by atoms with E-state index < -0.39 is 0 Å². The molecule has 1 N–H and O–H groups in total. The zero-order valence-corrected chi connectivity index (χ0v) is 17.4. The average Bonchev–Trinajstić information content (AvgIpc) is 3.36. The number of hydrazone groups is 1. The number of thiophene rings is 1. The lowest BCUT2D eigenvalue weighted by molar-refractivity contribution is 0.0955. The van der Waals surface area contributed by atoms with Gasteiger partial charge < -0.3 is 9.47 Å². The number of hydrogen-bond acceptors (Lipinski definition) is 5. The van der Waals surface area contributed by atoms with Crippen molar-refractivity contribution in [1.29, 1.82) is 0 Å². The van der Waals surface area contributed by atoms with Crippen LogP contribution in [0.15, 0.2) is 34.7 Å². The molecule has 2 aromatic rings. The minimum atomic E-state index is -0.193. The van der Waals surface area contributed by atoms with Crippen LogP contribution < -0.4 is 14.9 Å². The highest BCUT2D eigenvalue weighted by molar-refractivity contribution is 7.10. The largest absolute Gasteiger partial charge is 0.490 e. The second-order valence-electron chi connectivity index (χ2n) is 6.91. The summed E-state index contributed by atoms with van der Waals surface area (Å²) in [6.45, 7) is 4.65. The van der Waals surface area contributed by atoms with Gasteiger partial charge in [-0.2, -0.15) is 5.10 Å². The minimum absolute atomic E-state index is 0.193. The fourth-order valence-electron chi connectivity index (χ4n) is 3.26. The lowest BCUT2D eigenvalue weighted by Crippen LogP contribution is -2.16. The van der Waals surface area contributed by atoms with E-state index in [2.05, 4.69) is 17.5 Å². The first kappa shape index (κ1) is 20.4. The van der Waals surface area contributed by atoms with Gasteiger partial charge >= 0.3 is 0 Å². The molecule has 1 aromatic heterocycles. The topological polar surface area (TPSA) is 59.9 Å². The maximum absolute atomic E-state index is 12.2. The summed E-state index contributed by atoms with van der Waals surface area (Å²) in [6, 6.07) is 7.67. The van der Waals surface area contributed by atoms with E-state index >= 15 is 0 Å². The Morgan fingerprint density at radius 1 is 1.25 bits per heavy atom. The van der Waals surface area contributed by atoms with Gasteiger partial charge in [0.1, 0.15) is 0 Å². The summed E-state index contributed by atoms with van der Waals surface area (Å²) >= 11 is 1.61. The fraction of sp³-hybridized carbons (Fsp3) is 0.455. The molecule has 6 heteroatoms. The van der Waals surface area contributed by atoms with Gasteiger partial charge in [-0.15, -0.1) is 11.3 Å². The van der Waals surface area contributed by atoms with E-state index in [1.165, 1.54) is 17.7 Å². The molecular weight excluding hydrogens is 372 g/mol. The maximum atomic E-state index is 12.2. The number of nitrogens with zero attached hydrogens (tertiary/aromatic N) is 1. The summed E-state index contributed by atoms with van der Waals surface area (Å²) in [6.07, 6.45) is 8.62. The lowest BCUT2D eigenvalue weighted by atomic mass is 10.2. The number of benzene rings is 1. The molecule has 3 rings (SSSR count). The molecule has 0 radical (unpaired) electrons. The van der Waals surface area contributed by atoms with Gasteiger partial charge in [-0.3, -0.25) is 4.79 Å². The van der Waals surface area contributed by atoms with Crippen molar-refractivity contribution in [2.75, 3.05) is 6.61 Å². The molecule has 150 valence electrons. The van der Waals surface area contributed by atoms with Crippen molar-refractivity contribution in [3.63, 3.8) is 0 Å². The Bertz CT molecular complexity index is 810. The lowest BCUT2D eigenvalue weighted by Gasteiger charge is -2.16. The molecule has 1 aliphatic carbocycles. The van der Waals surface area contributed by atoms with Crippen LogP contribution in [-0.2, 0) is 6.42 Å². The van der Waals surface area contributed by atoms with Crippen molar-refractivity contribution in [3.8, 4) is 11.5 Å². The number of amides is 1. The number of ether oxygens (including phenoxy) is 2. The van der Waals surface area contributed by atoms with Crippen LogP contribution in [0.1, 0.15) is 66.8 Å². The summed E-state index contributed by atoms with van der Waals surface area (Å²) in [5, 5.41) is 5.96. The van der Waals surface area contributed by atoms with Crippen molar-refractivity contribution >= 4 is 23.5 Å². The molecule has 0 spiro atoms. The third kappa shape index (κ3) is 5.58. The quantitative estimate of drug-likeness (QED) is 0.466. The van der Waals surface area contributed by atoms with Crippen LogP contribution >= 0.6 is 11.3 Å². The third-order valence-electron chi connectivity index (χ3n) is 4.66. The summed E-state index contributed by atoms with van der Waals surface area (Å²) < 4.78 is 11.8. The maximum Gasteiger partial charge on any atom is 0.272 e. The molecule has 28 heavy (non-hydrogen) atoms. The van der Waals surface area contributed by atoms with Crippen LogP contribution in [0, 0.1) is 0 Å². The van der Waals surface area contributed by atoms with Crippen molar-refractivity contribution in [3.05, 3.63) is 45.6 Å². The van der Waals surface area contributed by atoms with E-state index in [0.717, 1.165) is 37.0 Å². The number of rotatable bonds is 9. The predicted octanol–water partition coefficient (Wildman–Crippen LogP) is 5.18. The van der Waals surface area contributed by atoms with Crippen LogP contribution in [0.25, 0.3) is 0 Å². The van der Waals surface area contributed by atoms with Crippen molar-refractivity contribution < 1.29 is 14.3 Å². The number of hydrogen-bond donors (Lipinski definition) is 1. The second kappa shape index (κ2) is 10.3. The van der Waals surface area contributed by atoms with Gasteiger partial charge in [-0.05, 0) is 68.9 Å². The highest BCUT2D eigenvalue weighted by Gasteiger charge is 2.18. The molecule has 1 saturated carbocycles. The van der Waals surface area contributed by atoms with Crippen molar-refractivity contribution in [2.24, 2.45) is 5.10 Å². The second-order valence-corrected chi connectivity index (χ2v) is 7.91. The SMILES string of the molecule is CCCc1cc(C(=O)NN=Cc2ccc(OC3CCCC3)c(OCC)c2)cs1. The van der Waals surface area contributed by atoms with Gasteiger partial charge in [0.15, 0.2) is 11.5 Å². The number of carbonyl (C=O) groups is 1. The molecule has 1 aliphatic rings.